The molecule has 0 aliphatic rings. The van der Waals surface area contributed by atoms with Gasteiger partial charge in [0.25, 0.3) is 5.56 Å². The van der Waals surface area contributed by atoms with Crippen LogP contribution < -0.4 is 5.56 Å². The molecule has 5 rings (SSSR count). The maximum atomic E-state index is 13.5. The SMILES string of the molecule is O=c1c2ccccc2nc(-c2cc3cc(Br)ccc3o2)n1N=Cc1cccc(F)c1. The van der Waals surface area contributed by atoms with Gasteiger partial charge >= 0.3 is 0 Å². The quantitative estimate of drug-likeness (QED) is 0.329. The standard InChI is InChI=1S/C23H13BrFN3O2/c24-16-8-9-20-15(11-16)12-21(30-20)22-27-19-7-2-1-6-18(19)23(29)28(22)26-13-14-4-3-5-17(25)10-14/h1-13H. The van der Waals surface area contributed by atoms with E-state index in [1.54, 1.807) is 30.3 Å². The van der Waals surface area contributed by atoms with Crippen molar-refractivity contribution < 1.29 is 8.81 Å². The van der Waals surface area contributed by atoms with Crippen LogP contribution in [0, 0.1) is 5.82 Å². The number of hydrogen-bond donors (Lipinski definition) is 0. The number of aromatic nitrogens is 2. The summed E-state index contributed by atoms with van der Waals surface area (Å²) in [6, 6.07) is 20.4. The Morgan fingerprint density at radius 3 is 2.77 bits per heavy atom. The van der Waals surface area contributed by atoms with Crippen molar-refractivity contribution in [1.29, 1.82) is 0 Å². The molecular weight excluding hydrogens is 449 g/mol. The molecule has 0 N–H and O–H groups in total. The zero-order valence-electron chi connectivity index (χ0n) is 15.4. The predicted molar refractivity (Wildman–Crippen MR) is 118 cm³/mol. The molecule has 0 amide bonds. The van der Waals surface area contributed by atoms with Crippen molar-refractivity contribution in [3.63, 3.8) is 0 Å². The van der Waals surface area contributed by atoms with Crippen LogP contribution in [0.2, 0.25) is 0 Å². The van der Waals surface area contributed by atoms with Crippen LogP contribution in [-0.2, 0) is 0 Å². The molecular formula is C23H13BrFN3O2. The zero-order chi connectivity index (χ0) is 20.7. The van der Waals surface area contributed by atoms with Crippen molar-refractivity contribution in [2.75, 3.05) is 0 Å². The lowest BCUT2D eigenvalue weighted by molar-refractivity contribution is 0.615. The summed E-state index contributed by atoms with van der Waals surface area (Å²) >= 11 is 3.45. The number of para-hydroxylation sites is 1. The number of fused-ring (bicyclic) bond motifs is 2. The molecule has 0 aliphatic carbocycles. The summed E-state index contributed by atoms with van der Waals surface area (Å²) in [5.41, 5.74) is 1.38. The maximum absolute atomic E-state index is 13.5. The van der Waals surface area contributed by atoms with E-state index >= 15 is 0 Å². The Hall–Kier alpha value is -3.58. The number of hydrogen-bond acceptors (Lipinski definition) is 4. The van der Waals surface area contributed by atoms with Gasteiger partial charge in [0.15, 0.2) is 5.76 Å². The summed E-state index contributed by atoms with van der Waals surface area (Å²) in [4.78, 5) is 17.8. The number of benzene rings is 3. The highest BCUT2D eigenvalue weighted by atomic mass is 79.9. The van der Waals surface area contributed by atoms with Crippen molar-refractivity contribution in [2.24, 2.45) is 5.10 Å². The fourth-order valence-electron chi connectivity index (χ4n) is 3.23. The van der Waals surface area contributed by atoms with Crippen LogP contribution in [0.4, 0.5) is 4.39 Å². The van der Waals surface area contributed by atoms with Gasteiger partial charge in [0.2, 0.25) is 5.82 Å². The van der Waals surface area contributed by atoms with Gasteiger partial charge in [-0.25, -0.2) is 9.37 Å². The highest BCUT2D eigenvalue weighted by molar-refractivity contribution is 9.10. The second-order valence-corrected chi connectivity index (χ2v) is 7.58. The molecule has 3 aromatic carbocycles. The number of rotatable bonds is 3. The van der Waals surface area contributed by atoms with E-state index in [9.17, 15) is 9.18 Å². The van der Waals surface area contributed by atoms with E-state index in [4.69, 9.17) is 4.42 Å². The number of halogens is 2. The first-order valence-corrected chi connectivity index (χ1v) is 9.89. The van der Waals surface area contributed by atoms with Crippen LogP contribution in [0.1, 0.15) is 5.56 Å². The number of furan rings is 1. The fraction of sp³-hybridized carbons (Fsp3) is 0. The van der Waals surface area contributed by atoms with E-state index in [0.29, 0.717) is 27.8 Å². The minimum atomic E-state index is -0.383. The Balaban J connectivity index is 1.75. The Morgan fingerprint density at radius 2 is 1.90 bits per heavy atom. The van der Waals surface area contributed by atoms with Crippen LogP contribution in [0.5, 0.6) is 0 Å². The first-order chi connectivity index (χ1) is 14.6. The van der Waals surface area contributed by atoms with E-state index in [0.717, 1.165) is 9.86 Å². The minimum Gasteiger partial charge on any atom is -0.453 e. The fourth-order valence-corrected chi connectivity index (χ4v) is 3.60. The maximum Gasteiger partial charge on any atom is 0.282 e. The Morgan fingerprint density at radius 1 is 1.03 bits per heavy atom. The highest BCUT2D eigenvalue weighted by Gasteiger charge is 2.16. The Labute approximate surface area is 178 Å². The highest BCUT2D eigenvalue weighted by Crippen LogP contribution is 2.29. The lowest BCUT2D eigenvalue weighted by Gasteiger charge is -2.07. The number of nitrogens with zero attached hydrogens (tertiary/aromatic N) is 3. The third-order valence-corrected chi connectivity index (χ3v) is 5.12. The lowest BCUT2D eigenvalue weighted by atomic mass is 10.2. The van der Waals surface area contributed by atoms with Crippen molar-refractivity contribution in [3.05, 3.63) is 99.0 Å². The summed E-state index contributed by atoms with van der Waals surface area (Å²) in [5.74, 6) is 0.284. The molecule has 5 aromatic rings. The van der Waals surface area contributed by atoms with E-state index in [1.807, 2.05) is 30.3 Å². The largest absolute Gasteiger partial charge is 0.453 e. The molecule has 2 aromatic heterocycles. The van der Waals surface area contributed by atoms with Crippen molar-refractivity contribution in [1.82, 2.24) is 9.66 Å². The van der Waals surface area contributed by atoms with Crippen LogP contribution >= 0.6 is 15.9 Å². The minimum absolute atomic E-state index is 0.263. The van der Waals surface area contributed by atoms with E-state index in [1.165, 1.54) is 23.0 Å². The van der Waals surface area contributed by atoms with Gasteiger partial charge < -0.3 is 4.42 Å². The molecule has 0 unspecified atom stereocenters. The molecule has 0 spiro atoms. The summed E-state index contributed by atoms with van der Waals surface area (Å²) in [6.07, 6.45) is 1.42. The smallest absolute Gasteiger partial charge is 0.282 e. The molecule has 0 radical (unpaired) electrons. The molecule has 7 heteroatoms. The van der Waals surface area contributed by atoms with Gasteiger partial charge in [-0.3, -0.25) is 4.79 Å². The molecule has 0 fully saturated rings. The Kier molecular flexibility index (Phi) is 4.52. The lowest BCUT2D eigenvalue weighted by Crippen LogP contribution is -2.20. The van der Waals surface area contributed by atoms with Gasteiger partial charge in [-0.2, -0.15) is 9.78 Å². The summed E-state index contributed by atoms with van der Waals surface area (Å²) in [5, 5.41) is 5.60. The van der Waals surface area contributed by atoms with Crippen LogP contribution in [0.3, 0.4) is 0 Å². The van der Waals surface area contributed by atoms with Crippen molar-refractivity contribution in [2.45, 2.75) is 0 Å². The van der Waals surface area contributed by atoms with Gasteiger partial charge in [-0.05, 0) is 54.1 Å². The molecule has 30 heavy (non-hydrogen) atoms. The summed E-state index contributed by atoms with van der Waals surface area (Å²) in [7, 11) is 0. The molecule has 0 atom stereocenters. The zero-order valence-corrected chi connectivity index (χ0v) is 17.0. The molecule has 0 saturated carbocycles. The monoisotopic (exact) mass is 461 g/mol. The van der Waals surface area contributed by atoms with Gasteiger partial charge in [-0.15, -0.1) is 0 Å². The van der Waals surface area contributed by atoms with Crippen LogP contribution in [0.15, 0.2) is 91.6 Å². The second kappa shape index (κ2) is 7.35. The first kappa shape index (κ1) is 18.4. The third-order valence-electron chi connectivity index (χ3n) is 4.62. The van der Waals surface area contributed by atoms with Crippen LogP contribution in [-0.4, -0.2) is 15.9 Å². The van der Waals surface area contributed by atoms with E-state index in [-0.39, 0.29) is 17.2 Å². The van der Waals surface area contributed by atoms with Gasteiger partial charge in [-0.1, -0.05) is 40.2 Å². The molecule has 146 valence electrons. The average Bonchev–Trinajstić information content (AvgIpc) is 3.16. The Bertz CT molecular complexity index is 1500. The topological polar surface area (TPSA) is 60.4 Å². The van der Waals surface area contributed by atoms with Gasteiger partial charge in [0.05, 0.1) is 17.1 Å². The molecule has 0 bridgehead atoms. The second-order valence-electron chi connectivity index (χ2n) is 6.66. The van der Waals surface area contributed by atoms with E-state index < -0.39 is 0 Å². The normalized spacial score (nSPS) is 11.7. The molecule has 2 heterocycles. The van der Waals surface area contributed by atoms with Crippen molar-refractivity contribution >= 4 is 44.0 Å². The molecule has 5 nitrogen and oxygen atoms in total. The first-order valence-electron chi connectivity index (χ1n) is 9.10. The summed E-state index contributed by atoms with van der Waals surface area (Å²) in [6.45, 7) is 0. The molecule has 0 aliphatic heterocycles. The van der Waals surface area contributed by atoms with E-state index in [2.05, 4.69) is 26.0 Å². The molecule has 0 saturated heterocycles. The van der Waals surface area contributed by atoms with Crippen LogP contribution in [0.25, 0.3) is 33.5 Å². The van der Waals surface area contributed by atoms with Crippen molar-refractivity contribution in [3.8, 4) is 11.6 Å². The average molecular weight is 462 g/mol. The van der Waals surface area contributed by atoms with Gasteiger partial charge in [0.1, 0.15) is 11.4 Å². The van der Waals surface area contributed by atoms with Gasteiger partial charge in [0, 0.05) is 9.86 Å². The summed E-state index contributed by atoms with van der Waals surface area (Å²) < 4.78 is 21.6. The third kappa shape index (κ3) is 3.33. The predicted octanol–water partition coefficient (Wildman–Crippen LogP) is 5.59.